The summed E-state index contributed by atoms with van der Waals surface area (Å²) >= 11 is 6.65. The fourth-order valence-corrected chi connectivity index (χ4v) is 6.02. The normalized spacial score (nSPS) is 14.5. The highest BCUT2D eigenvalue weighted by Gasteiger charge is 2.20. The van der Waals surface area contributed by atoms with E-state index in [1.807, 2.05) is 36.6 Å². The number of imidazole rings is 1. The maximum atomic E-state index is 12.9. The minimum absolute atomic E-state index is 0.0315. The number of amides is 1. The number of benzene rings is 3. The highest BCUT2D eigenvalue weighted by molar-refractivity contribution is 7.90. The Morgan fingerprint density at radius 1 is 1.03 bits per heavy atom. The molecule has 1 aliphatic rings. The Labute approximate surface area is 227 Å². The van der Waals surface area contributed by atoms with Crippen molar-refractivity contribution in [3.63, 3.8) is 0 Å². The first-order chi connectivity index (χ1) is 18.2. The van der Waals surface area contributed by atoms with Gasteiger partial charge in [-0.2, -0.15) is 0 Å². The van der Waals surface area contributed by atoms with Crippen LogP contribution in [0.1, 0.15) is 59.4 Å². The molecule has 1 aliphatic carbocycles. The Balaban J connectivity index is 1.37. The molecule has 38 heavy (non-hydrogen) atoms. The number of carbonyl (C=O) groups is 1. The van der Waals surface area contributed by atoms with Crippen LogP contribution in [-0.4, -0.2) is 30.0 Å². The lowest BCUT2D eigenvalue weighted by molar-refractivity contribution is 0.0981. The molecule has 4 aromatic rings. The molecule has 1 fully saturated rings. The van der Waals surface area contributed by atoms with Crippen molar-refractivity contribution in [3.05, 3.63) is 88.2 Å². The van der Waals surface area contributed by atoms with Crippen molar-refractivity contribution in [2.45, 2.75) is 63.5 Å². The van der Waals surface area contributed by atoms with E-state index in [4.69, 9.17) is 16.3 Å². The van der Waals surface area contributed by atoms with Crippen molar-refractivity contribution in [3.8, 4) is 5.75 Å². The summed E-state index contributed by atoms with van der Waals surface area (Å²) in [5.41, 5.74) is 3.45. The first kappa shape index (κ1) is 26.3. The predicted molar refractivity (Wildman–Crippen MR) is 148 cm³/mol. The second kappa shape index (κ2) is 10.8. The molecule has 0 spiro atoms. The average molecular weight is 552 g/mol. The van der Waals surface area contributed by atoms with Gasteiger partial charge < -0.3 is 9.30 Å². The molecular weight excluding hydrogens is 522 g/mol. The Bertz CT molecular complexity index is 1590. The molecule has 0 atom stereocenters. The highest BCUT2D eigenvalue weighted by atomic mass is 35.5. The van der Waals surface area contributed by atoms with Crippen LogP contribution in [0.2, 0.25) is 5.02 Å². The number of sulfonamides is 1. The van der Waals surface area contributed by atoms with E-state index in [0.717, 1.165) is 35.5 Å². The molecule has 1 saturated carbocycles. The molecule has 0 aliphatic heterocycles. The number of nitrogens with zero attached hydrogens (tertiary/aromatic N) is 2. The van der Waals surface area contributed by atoms with Gasteiger partial charge in [0.2, 0.25) is 0 Å². The molecule has 1 amide bonds. The summed E-state index contributed by atoms with van der Waals surface area (Å²) in [5, 5.41) is 0.595. The molecule has 1 heterocycles. The number of hydrogen-bond donors (Lipinski definition) is 1. The molecule has 0 bridgehead atoms. The van der Waals surface area contributed by atoms with Crippen molar-refractivity contribution >= 4 is 38.6 Å². The lowest BCUT2D eigenvalue weighted by Gasteiger charge is -2.23. The summed E-state index contributed by atoms with van der Waals surface area (Å²) in [7, 11) is -4.00. The summed E-state index contributed by atoms with van der Waals surface area (Å²) < 4.78 is 35.7. The highest BCUT2D eigenvalue weighted by Crippen LogP contribution is 2.29. The summed E-state index contributed by atoms with van der Waals surface area (Å²) in [5.74, 6) is 0.815. The van der Waals surface area contributed by atoms with Crippen LogP contribution in [0.4, 0.5) is 0 Å². The average Bonchev–Trinajstić information content (AvgIpc) is 3.20. The fourth-order valence-electron chi connectivity index (χ4n) is 4.82. The number of aromatic nitrogens is 2. The van der Waals surface area contributed by atoms with E-state index in [1.54, 1.807) is 30.3 Å². The van der Waals surface area contributed by atoms with E-state index >= 15 is 0 Å². The van der Waals surface area contributed by atoms with Gasteiger partial charge in [0.05, 0.1) is 28.6 Å². The zero-order chi connectivity index (χ0) is 26.9. The SMILES string of the molecule is Cc1ccc(S(=O)(=O)NC(=O)c2ccc3nc(C)n(Cc4ccc(OC5CCCCC5)cc4Cl)c3c2)cc1. The van der Waals surface area contributed by atoms with Gasteiger partial charge in [0.1, 0.15) is 11.6 Å². The maximum absolute atomic E-state index is 12.9. The topological polar surface area (TPSA) is 90.3 Å². The van der Waals surface area contributed by atoms with Crippen LogP contribution in [0.5, 0.6) is 5.75 Å². The number of fused-ring (bicyclic) bond motifs is 1. The number of rotatable bonds is 7. The molecule has 0 radical (unpaired) electrons. The first-order valence-electron chi connectivity index (χ1n) is 12.8. The summed E-state index contributed by atoms with van der Waals surface area (Å²) in [6.07, 6.45) is 6.04. The van der Waals surface area contributed by atoms with Gasteiger partial charge in [0.25, 0.3) is 15.9 Å². The lowest BCUT2D eigenvalue weighted by Crippen LogP contribution is -2.30. The van der Waals surface area contributed by atoms with Crippen LogP contribution in [-0.2, 0) is 16.6 Å². The van der Waals surface area contributed by atoms with Crippen LogP contribution < -0.4 is 9.46 Å². The molecule has 3 aromatic carbocycles. The minimum Gasteiger partial charge on any atom is -0.490 e. The van der Waals surface area contributed by atoms with Gasteiger partial charge in [-0.05, 0) is 87.6 Å². The quantitative estimate of drug-likeness (QED) is 0.296. The van der Waals surface area contributed by atoms with Crippen LogP contribution >= 0.6 is 11.6 Å². The first-order valence-corrected chi connectivity index (χ1v) is 14.6. The number of hydrogen-bond acceptors (Lipinski definition) is 5. The zero-order valence-corrected chi connectivity index (χ0v) is 23.0. The smallest absolute Gasteiger partial charge is 0.265 e. The molecule has 5 rings (SSSR count). The minimum atomic E-state index is -4.00. The summed E-state index contributed by atoms with van der Waals surface area (Å²) in [6.45, 7) is 4.19. The van der Waals surface area contributed by atoms with Gasteiger partial charge in [-0.1, -0.05) is 41.8 Å². The van der Waals surface area contributed by atoms with Gasteiger partial charge in [0, 0.05) is 10.6 Å². The Hall–Kier alpha value is -3.36. The van der Waals surface area contributed by atoms with Crippen molar-refractivity contribution < 1.29 is 17.9 Å². The number of ether oxygens (including phenoxy) is 1. The molecule has 0 saturated heterocycles. The predicted octanol–water partition coefficient (Wildman–Crippen LogP) is 6.19. The fraction of sp³-hybridized carbons (Fsp3) is 0.310. The molecule has 198 valence electrons. The van der Waals surface area contributed by atoms with E-state index in [2.05, 4.69) is 9.71 Å². The van der Waals surface area contributed by atoms with Crippen molar-refractivity contribution in [1.82, 2.24) is 14.3 Å². The van der Waals surface area contributed by atoms with Gasteiger partial charge in [-0.3, -0.25) is 4.79 Å². The second-order valence-corrected chi connectivity index (χ2v) is 11.9. The van der Waals surface area contributed by atoms with Gasteiger partial charge in [-0.25, -0.2) is 18.1 Å². The molecule has 9 heteroatoms. The van der Waals surface area contributed by atoms with Crippen LogP contribution in [0.15, 0.2) is 65.6 Å². The zero-order valence-electron chi connectivity index (χ0n) is 21.4. The van der Waals surface area contributed by atoms with Crippen molar-refractivity contribution in [2.75, 3.05) is 0 Å². The van der Waals surface area contributed by atoms with Crippen LogP contribution in [0.3, 0.4) is 0 Å². The summed E-state index contributed by atoms with van der Waals surface area (Å²) in [6, 6.07) is 17.0. The Morgan fingerprint density at radius 3 is 2.47 bits per heavy atom. The Kier molecular flexibility index (Phi) is 7.45. The van der Waals surface area contributed by atoms with Crippen molar-refractivity contribution in [2.24, 2.45) is 0 Å². The number of halogens is 1. The van der Waals surface area contributed by atoms with Crippen LogP contribution in [0, 0.1) is 13.8 Å². The largest absolute Gasteiger partial charge is 0.490 e. The lowest BCUT2D eigenvalue weighted by atomic mass is 9.98. The van der Waals surface area contributed by atoms with E-state index < -0.39 is 15.9 Å². The molecule has 7 nitrogen and oxygen atoms in total. The van der Waals surface area contributed by atoms with E-state index in [-0.39, 0.29) is 16.6 Å². The van der Waals surface area contributed by atoms with Gasteiger partial charge in [0.15, 0.2) is 0 Å². The Morgan fingerprint density at radius 2 is 1.76 bits per heavy atom. The molecule has 1 aromatic heterocycles. The van der Waals surface area contributed by atoms with Gasteiger partial charge >= 0.3 is 0 Å². The standard InChI is InChI=1S/C29H30ClN3O4S/c1-19-8-13-25(14-9-19)38(35,36)32-29(34)21-11-15-27-28(16-21)33(20(2)31-27)18-22-10-12-24(17-26(22)30)37-23-6-4-3-5-7-23/h8-17,23H,3-7,18H2,1-2H3,(H,32,34). The molecular formula is C29H30ClN3O4S. The third-order valence-electron chi connectivity index (χ3n) is 6.97. The summed E-state index contributed by atoms with van der Waals surface area (Å²) in [4.78, 5) is 17.6. The third-order valence-corrected chi connectivity index (χ3v) is 8.67. The van der Waals surface area contributed by atoms with Gasteiger partial charge in [-0.15, -0.1) is 0 Å². The number of carbonyl (C=O) groups excluding carboxylic acids is 1. The third kappa shape index (κ3) is 5.71. The number of nitrogens with one attached hydrogen (secondary N) is 1. The molecule has 0 unspecified atom stereocenters. The molecule has 1 N–H and O–H groups in total. The monoisotopic (exact) mass is 551 g/mol. The number of aryl methyl sites for hydroxylation is 2. The van der Waals surface area contributed by atoms with E-state index in [9.17, 15) is 13.2 Å². The van der Waals surface area contributed by atoms with Crippen LogP contribution in [0.25, 0.3) is 11.0 Å². The van der Waals surface area contributed by atoms with E-state index in [0.29, 0.717) is 22.6 Å². The second-order valence-electron chi connectivity index (χ2n) is 9.83. The van der Waals surface area contributed by atoms with E-state index in [1.165, 1.54) is 31.4 Å². The maximum Gasteiger partial charge on any atom is 0.265 e. The van der Waals surface area contributed by atoms with Crippen molar-refractivity contribution in [1.29, 1.82) is 0 Å².